The predicted molar refractivity (Wildman–Crippen MR) is 235 cm³/mol. The van der Waals surface area contributed by atoms with Crippen LogP contribution in [0.4, 0.5) is 11.4 Å². The lowest BCUT2D eigenvalue weighted by atomic mass is 9.90. The number of rotatable bonds is 6. The van der Waals surface area contributed by atoms with Gasteiger partial charge in [-0.15, -0.1) is 12.4 Å². The van der Waals surface area contributed by atoms with Crippen molar-refractivity contribution in [2.75, 3.05) is 66.2 Å². The molecule has 0 heterocycles. The average Bonchev–Trinajstić information content (AvgIpc) is 3.20. The predicted octanol–water partition coefficient (Wildman–Crippen LogP) is 5.70. The number of hydrogen-bond donors (Lipinski definition) is 0. The van der Waals surface area contributed by atoms with Crippen LogP contribution in [0.15, 0.2) is 169 Å². The first-order valence-electron chi connectivity index (χ1n) is 18.1. The minimum atomic E-state index is -2.19. The summed E-state index contributed by atoms with van der Waals surface area (Å²) in [6.07, 6.45) is 17.5. The minimum Gasteiger partial charge on any atom is -0.543 e. The van der Waals surface area contributed by atoms with Crippen LogP contribution in [0.3, 0.4) is 0 Å². The summed E-state index contributed by atoms with van der Waals surface area (Å²) in [5.74, 6) is -4.37. The second kappa shape index (κ2) is 21.5. The van der Waals surface area contributed by atoms with E-state index in [9.17, 15) is 0 Å². The Balaban J connectivity index is 0.000000263. The number of nitrogens with zero attached hydrogens (tertiary/aromatic N) is 4. The number of carboxylic acids is 2. The lowest BCUT2D eigenvalue weighted by molar-refractivity contribution is -0.462. The average molecular weight is 783 g/mol. The lowest BCUT2D eigenvalue weighted by Gasteiger charge is -2.16. The van der Waals surface area contributed by atoms with E-state index in [1.54, 1.807) is 0 Å². The SMILES string of the molecule is CN(C)c1ccc(C(=C2C=CC(=[N+](C)C)C=C2)c2ccccc2)cc1.CN(C)c1ccc(C(=C2C=CC(=[N+](C)C)C=C2)c2ccccc2)cc1.Cl.O=C([O-])C(=O)[O-]. The highest BCUT2D eigenvalue weighted by Gasteiger charge is 2.14. The van der Waals surface area contributed by atoms with E-state index in [0.717, 1.165) is 0 Å². The fraction of sp³-hybridized carbons (Fsp3) is 0.167. The number of benzene rings is 4. The number of anilines is 2. The summed E-state index contributed by atoms with van der Waals surface area (Å²) in [7, 11) is 16.5. The van der Waals surface area contributed by atoms with Crippen LogP contribution in [0.25, 0.3) is 11.1 Å². The highest BCUT2D eigenvalue weighted by Crippen LogP contribution is 2.32. The van der Waals surface area contributed by atoms with Crippen molar-refractivity contribution < 1.29 is 29.0 Å². The van der Waals surface area contributed by atoms with Crippen molar-refractivity contribution in [3.8, 4) is 0 Å². The highest BCUT2D eigenvalue weighted by molar-refractivity contribution is 6.25. The molecule has 0 saturated carbocycles. The minimum absolute atomic E-state index is 0. The van der Waals surface area contributed by atoms with E-state index in [1.165, 1.54) is 67.3 Å². The fourth-order valence-electron chi connectivity index (χ4n) is 5.91. The summed E-state index contributed by atoms with van der Waals surface area (Å²) < 4.78 is 4.25. The number of aliphatic carboxylic acids is 2. The van der Waals surface area contributed by atoms with Crippen molar-refractivity contribution in [3.05, 3.63) is 191 Å². The number of carboxylic acid groups (broad SMARTS) is 2. The van der Waals surface area contributed by atoms with Crippen molar-refractivity contribution in [2.45, 2.75) is 0 Å². The quantitative estimate of drug-likeness (QED) is 0.184. The van der Waals surface area contributed by atoms with Crippen molar-refractivity contribution in [2.24, 2.45) is 0 Å². The van der Waals surface area contributed by atoms with Gasteiger partial charge in [-0.05, 0) is 93.1 Å². The molecule has 6 rings (SSSR count). The van der Waals surface area contributed by atoms with Gasteiger partial charge in [0.05, 0.1) is 11.9 Å². The van der Waals surface area contributed by atoms with E-state index in [0.29, 0.717) is 0 Å². The van der Waals surface area contributed by atoms with Crippen LogP contribution < -0.4 is 20.0 Å². The summed E-state index contributed by atoms with van der Waals surface area (Å²) in [5, 5.41) is 17.9. The summed E-state index contributed by atoms with van der Waals surface area (Å²) in [6, 6.07) is 38.7. The molecule has 294 valence electrons. The Morgan fingerprint density at radius 2 is 0.684 bits per heavy atom. The first-order chi connectivity index (χ1) is 26.8. The molecule has 2 aliphatic carbocycles. The molecule has 0 unspecified atom stereocenters. The third kappa shape index (κ3) is 12.8. The zero-order valence-corrected chi connectivity index (χ0v) is 34.7. The molecule has 0 aliphatic heterocycles. The first-order valence-corrected chi connectivity index (χ1v) is 18.1. The fourth-order valence-corrected chi connectivity index (χ4v) is 5.91. The van der Waals surface area contributed by atoms with Gasteiger partial charge in [0.2, 0.25) is 0 Å². The van der Waals surface area contributed by atoms with Gasteiger partial charge in [-0.25, -0.2) is 9.15 Å². The molecule has 9 heteroatoms. The van der Waals surface area contributed by atoms with Crippen LogP contribution in [-0.2, 0) is 9.59 Å². The Morgan fingerprint density at radius 1 is 0.421 bits per heavy atom. The number of allylic oxidation sites excluding steroid dienone is 10. The maximum Gasteiger partial charge on any atom is 0.199 e. The van der Waals surface area contributed by atoms with Gasteiger partial charge in [-0.3, -0.25) is 0 Å². The van der Waals surface area contributed by atoms with Gasteiger partial charge < -0.3 is 29.6 Å². The molecular formula is C48H51ClN4O4. The molecule has 0 atom stereocenters. The number of carbonyl (C=O) groups excluding carboxylic acids is 2. The van der Waals surface area contributed by atoms with Gasteiger partial charge in [0.1, 0.15) is 28.2 Å². The van der Waals surface area contributed by atoms with E-state index >= 15 is 0 Å². The molecule has 0 fully saturated rings. The van der Waals surface area contributed by atoms with Gasteiger partial charge in [-0.1, -0.05) is 84.9 Å². The maximum atomic E-state index is 8.93. The molecule has 0 bridgehead atoms. The molecule has 0 amide bonds. The summed E-state index contributed by atoms with van der Waals surface area (Å²) in [6.45, 7) is 0. The summed E-state index contributed by atoms with van der Waals surface area (Å²) in [5.41, 5.74) is 14.7. The molecule has 8 nitrogen and oxygen atoms in total. The molecule has 0 radical (unpaired) electrons. The van der Waals surface area contributed by atoms with Crippen LogP contribution in [0.2, 0.25) is 0 Å². The van der Waals surface area contributed by atoms with E-state index in [-0.39, 0.29) is 12.4 Å². The van der Waals surface area contributed by atoms with Crippen molar-refractivity contribution >= 4 is 58.3 Å². The third-order valence-electron chi connectivity index (χ3n) is 8.98. The second-order valence-electron chi connectivity index (χ2n) is 13.8. The number of carbonyl (C=O) groups is 2. The van der Waals surface area contributed by atoms with Crippen LogP contribution in [0.1, 0.15) is 22.3 Å². The van der Waals surface area contributed by atoms with E-state index in [1.807, 2.05) is 0 Å². The third-order valence-corrected chi connectivity index (χ3v) is 8.98. The molecule has 0 spiro atoms. The van der Waals surface area contributed by atoms with E-state index in [2.05, 4.69) is 233 Å². The molecule has 0 aromatic heterocycles. The molecule has 4 aromatic rings. The zero-order valence-electron chi connectivity index (χ0n) is 33.8. The molecule has 2 aliphatic rings. The summed E-state index contributed by atoms with van der Waals surface area (Å²) >= 11 is 0. The van der Waals surface area contributed by atoms with Crippen LogP contribution >= 0.6 is 12.4 Å². The molecule has 0 N–H and O–H groups in total. The molecule has 4 aromatic carbocycles. The zero-order chi connectivity index (χ0) is 40.8. The highest BCUT2D eigenvalue weighted by atomic mass is 35.5. The Hall–Kier alpha value is -6.51. The van der Waals surface area contributed by atoms with Crippen LogP contribution in [-0.4, -0.2) is 88.9 Å². The van der Waals surface area contributed by atoms with Gasteiger partial charge >= 0.3 is 0 Å². The topological polar surface area (TPSA) is 92.8 Å². The van der Waals surface area contributed by atoms with Gasteiger partial charge in [-0.2, -0.15) is 0 Å². The van der Waals surface area contributed by atoms with Crippen LogP contribution in [0.5, 0.6) is 0 Å². The largest absolute Gasteiger partial charge is 0.543 e. The van der Waals surface area contributed by atoms with Gasteiger partial charge in [0, 0.05) is 63.9 Å². The smallest absolute Gasteiger partial charge is 0.199 e. The van der Waals surface area contributed by atoms with Gasteiger partial charge in [0.15, 0.2) is 11.4 Å². The van der Waals surface area contributed by atoms with Crippen molar-refractivity contribution in [1.29, 1.82) is 0 Å². The normalized spacial score (nSPS) is 12.3. The second-order valence-corrected chi connectivity index (χ2v) is 13.8. The molecule has 0 saturated heterocycles. The van der Waals surface area contributed by atoms with Crippen molar-refractivity contribution in [1.82, 2.24) is 0 Å². The Labute approximate surface area is 343 Å². The molecule has 57 heavy (non-hydrogen) atoms. The Morgan fingerprint density at radius 3 is 0.912 bits per heavy atom. The number of halogens is 1. The summed E-state index contributed by atoms with van der Waals surface area (Å²) in [4.78, 5) is 22.1. The maximum absolute atomic E-state index is 8.93. The Bertz CT molecular complexity index is 2050. The first kappa shape index (κ1) is 44.9. The Kier molecular flexibility index (Phi) is 17.0. The standard InChI is InChI=1S/2C23H25N2.C2H2O4.ClH/c2*1-24(2)21-14-10-19(11-15-21)23(18-8-6-5-7-9-18)20-12-16-22(17-13-20)25(3)4;3-1(4)2(5)6;/h2*5-17H,1-4H3;(H,3,4)(H,5,6);1H/q2*+1;;/p-2. The monoisotopic (exact) mass is 782 g/mol. The lowest BCUT2D eigenvalue weighted by Crippen LogP contribution is -2.42. The van der Waals surface area contributed by atoms with E-state index in [4.69, 9.17) is 19.8 Å². The van der Waals surface area contributed by atoms with E-state index < -0.39 is 11.9 Å². The number of hydrogen-bond acceptors (Lipinski definition) is 6. The van der Waals surface area contributed by atoms with Crippen molar-refractivity contribution in [3.63, 3.8) is 0 Å². The van der Waals surface area contributed by atoms with Crippen LogP contribution in [0, 0.1) is 0 Å². The molecular weight excluding hydrogens is 732 g/mol. The van der Waals surface area contributed by atoms with Gasteiger partial charge in [0.25, 0.3) is 0 Å².